The van der Waals surface area contributed by atoms with Crippen LogP contribution in [0.5, 0.6) is 5.75 Å². The molecule has 226 valence electrons. The first kappa shape index (κ1) is 29.8. The number of hydrogen-bond acceptors (Lipinski definition) is 9. The lowest BCUT2D eigenvalue weighted by Crippen LogP contribution is -2.62. The summed E-state index contributed by atoms with van der Waals surface area (Å²) in [4.78, 5) is 53.1. The van der Waals surface area contributed by atoms with Gasteiger partial charge in [0.2, 0.25) is 11.7 Å². The molecule has 43 heavy (non-hydrogen) atoms. The minimum absolute atomic E-state index is 0.00123. The number of aromatic hydroxyl groups is 1. The Morgan fingerprint density at radius 1 is 1.12 bits per heavy atom. The first-order valence-corrected chi connectivity index (χ1v) is 14.0. The van der Waals surface area contributed by atoms with Crippen LogP contribution < -0.4 is 16.0 Å². The van der Waals surface area contributed by atoms with Gasteiger partial charge in [-0.2, -0.15) is 0 Å². The summed E-state index contributed by atoms with van der Waals surface area (Å²) in [6.07, 6.45) is 0.229. The van der Waals surface area contributed by atoms with Crippen molar-refractivity contribution in [1.29, 1.82) is 0 Å². The fourth-order valence-corrected chi connectivity index (χ4v) is 7.12. The van der Waals surface area contributed by atoms with Gasteiger partial charge in [-0.05, 0) is 54.0 Å². The summed E-state index contributed by atoms with van der Waals surface area (Å²) >= 11 is 0. The zero-order chi connectivity index (χ0) is 31.7. The lowest BCUT2D eigenvalue weighted by Gasteiger charge is -2.50. The van der Waals surface area contributed by atoms with Crippen LogP contribution in [0.4, 0.5) is 11.4 Å². The van der Waals surface area contributed by atoms with Crippen LogP contribution in [0.1, 0.15) is 38.3 Å². The third-order valence-corrected chi connectivity index (χ3v) is 8.92. The second-order valence-electron chi connectivity index (χ2n) is 12.1. The van der Waals surface area contributed by atoms with E-state index in [0.717, 1.165) is 0 Å². The molecule has 0 radical (unpaired) electrons. The van der Waals surface area contributed by atoms with Crippen molar-refractivity contribution < 1.29 is 39.6 Å². The number of primary amides is 1. The lowest BCUT2D eigenvalue weighted by molar-refractivity contribution is -0.155. The lowest BCUT2D eigenvalue weighted by atomic mass is 9.54. The predicted octanol–water partition coefficient (Wildman–Crippen LogP) is 3.00. The van der Waals surface area contributed by atoms with Gasteiger partial charge in [0.15, 0.2) is 11.4 Å². The molecule has 1 fully saturated rings. The third-order valence-electron chi connectivity index (χ3n) is 8.92. The maximum Gasteiger partial charge on any atom is 0.255 e. The molecule has 0 aliphatic heterocycles. The van der Waals surface area contributed by atoms with E-state index in [2.05, 4.69) is 5.32 Å². The smallest absolute Gasteiger partial charge is 0.255 e. The molecule has 2 amide bonds. The van der Waals surface area contributed by atoms with Crippen molar-refractivity contribution in [3.63, 3.8) is 0 Å². The standard InChI is InChI=1S/C32H35N3O8/c1-13(2)22-20-11-16-10-19-21(35(4)5)12-18(15-7-6-8-17(9-15)34-14(3)36)26(37)24(19)28(39)23(16)29(40)32(20,43)30(41)25(27(22)38)31(33)42/h6-9,12-13,16,20,22,37,39,41,43H,10-11H2,1-5H3,(H2,33,42)(H,34,36)/t16-,20-,22-,32-/m0/s1. The van der Waals surface area contributed by atoms with Crippen molar-refractivity contribution in [2.75, 3.05) is 24.3 Å². The second kappa shape index (κ2) is 10.3. The number of Topliss-reactive ketones (excluding diaryl/α,β-unsaturated/α-hetero) is 2. The first-order chi connectivity index (χ1) is 20.1. The van der Waals surface area contributed by atoms with E-state index >= 15 is 0 Å². The zero-order valence-electron chi connectivity index (χ0n) is 24.6. The van der Waals surface area contributed by atoms with Gasteiger partial charge < -0.3 is 36.4 Å². The number of amides is 2. The summed E-state index contributed by atoms with van der Waals surface area (Å²) in [5.41, 5.74) is 4.28. The molecular formula is C32H35N3O8. The Morgan fingerprint density at radius 3 is 2.37 bits per heavy atom. The molecule has 0 bridgehead atoms. The van der Waals surface area contributed by atoms with Gasteiger partial charge in [0.05, 0.1) is 5.56 Å². The molecule has 7 N–H and O–H groups in total. The maximum absolute atomic E-state index is 14.2. The van der Waals surface area contributed by atoms with Crippen molar-refractivity contribution in [3.8, 4) is 16.9 Å². The topological polar surface area (TPSA) is 190 Å². The summed E-state index contributed by atoms with van der Waals surface area (Å²) in [6, 6.07) is 8.53. The van der Waals surface area contributed by atoms with Crippen molar-refractivity contribution in [3.05, 3.63) is 58.4 Å². The number of carbonyl (C=O) groups is 4. The summed E-state index contributed by atoms with van der Waals surface area (Å²) in [5.74, 6) is -8.43. The number of carbonyl (C=O) groups excluding carboxylic acids is 4. The Morgan fingerprint density at radius 2 is 1.79 bits per heavy atom. The Hall–Kier alpha value is -4.64. The average molecular weight is 590 g/mol. The molecule has 4 atom stereocenters. The molecule has 1 saturated carbocycles. The molecule has 2 aromatic carbocycles. The maximum atomic E-state index is 14.2. The third kappa shape index (κ3) is 4.37. The van der Waals surface area contributed by atoms with Gasteiger partial charge in [-0.1, -0.05) is 26.0 Å². The summed E-state index contributed by atoms with van der Waals surface area (Å²) in [7, 11) is 3.60. The van der Waals surface area contributed by atoms with Crippen LogP contribution in [0, 0.1) is 23.7 Å². The van der Waals surface area contributed by atoms with Crippen LogP contribution in [-0.4, -0.2) is 63.5 Å². The van der Waals surface area contributed by atoms with Crippen molar-refractivity contribution in [2.24, 2.45) is 29.4 Å². The zero-order valence-corrected chi connectivity index (χ0v) is 24.6. The van der Waals surface area contributed by atoms with Crippen molar-refractivity contribution in [1.82, 2.24) is 0 Å². The number of aliphatic hydroxyl groups is 3. The highest BCUT2D eigenvalue weighted by molar-refractivity contribution is 6.23. The van der Waals surface area contributed by atoms with Gasteiger partial charge in [0.1, 0.15) is 22.8 Å². The van der Waals surface area contributed by atoms with Gasteiger partial charge in [-0.3, -0.25) is 19.2 Å². The van der Waals surface area contributed by atoms with Crippen molar-refractivity contribution >= 4 is 40.5 Å². The van der Waals surface area contributed by atoms with Gasteiger partial charge >= 0.3 is 0 Å². The average Bonchev–Trinajstić information content (AvgIpc) is 2.90. The number of nitrogens with zero attached hydrogens (tertiary/aromatic N) is 1. The number of rotatable bonds is 5. The number of aliphatic hydroxyl groups excluding tert-OH is 2. The highest BCUT2D eigenvalue weighted by Crippen LogP contribution is 2.56. The summed E-state index contributed by atoms with van der Waals surface area (Å²) < 4.78 is 0. The van der Waals surface area contributed by atoms with Crippen LogP contribution in [0.3, 0.4) is 0 Å². The molecule has 0 saturated heterocycles. The minimum atomic E-state index is -2.67. The molecule has 3 aliphatic carbocycles. The van der Waals surface area contributed by atoms with E-state index in [0.29, 0.717) is 28.1 Å². The first-order valence-electron chi connectivity index (χ1n) is 14.0. The quantitative estimate of drug-likeness (QED) is 0.285. The molecule has 5 rings (SSSR count). The monoisotopic (exact) mass is 589 g/mol. The molecule has 2 aromatic rings. The fourth-order valence-electron chi connectivity index (χ4n) is 7.12. The van der Waals surface area contributed by atoms with Crippen LogP contribution in [0.2, 0.25) is 0 Å². The molecule has 0 spiro atoms. The highest BCUT2D eigenvalue weighted by Gasteiger charge is 2.64. The minimum Gasteiger partial charge on any atom is -0.508 e. The Kier molecular flexibility index (Phi) is 7.12. The predicted molar refractivity (Wildman–Crippen MR) is 159 cm³/mol. The number of phenols is 1. The Labute approximate surface area is 248 Å². The van der Waals surface area contributed by atoms with Gasteiger partial charge in [-0.15, -0.1) is 0 Å². The summed E-state index contributed by atoms with van der Waals surface area (Å²) in [5, 5.41) is 48.9. The molecule has 0 unspecified atom stereocenters. The van der Waals surface area contributed by atoms with Crippen LogP contribution in [0.15, 0.2) is 47.2 Å². The fraction of sp³-hybridized carbons (Fsp3) is 0.375. The number of nitrogens with one attached hydrogen (secondary N) is 1. The number of hydrogen-bond donors (Lipinski definition) is 6. The van der Waals surface area contributed by atoms with E-state index in [4.69, 9.17) is 5.73 Å². The van der Waals surface area contributed by atoms with E-state index < -0.39 is 63.8 Å². The molecule has 11 nitrogen and oxygen atoms in total. The van der Waals surface area contributed by atoms with E-state index in [-0.39, 0.29) is 35.6 Å². The van der Waals surface area contributed by atoms with E-state index in [9.17, 15) is 39.6 Å². The SMILES string of the molecule is CC(=O)Nc1cccc(-c2cc(N(C)C)c3c(c2O)C(O)=C2C(=O)[C@]4(O)C(O)=C(C(N)=O)C(=O)[C@@H](C(C)C)[C@@H]4C[C@@H]2C3)c1. The number of benzene rings is 2. The van der Waals surface area contributed by atoms with Gasteiger partial charge in [-0.25, -0.2) is 0 Å². The number of fused-ring (bicyclic) bond motifs is 3. The normalized spacial score (nSPS) is 24.9. The number of nitrogens with two attached hydrogens (primary N) is 1. The van der Waals surface area contributed by atoms with Crippen molar-refractivity contribution in [2.45, 2.75) is 39.2 Å². The molecular weight excluding hydrogens is 554 g/mol. The van der Waals surface area contributed by atoms with E-state index in [1.165, 1.54) is 6.92 Å². The number of ketones is 2. The van der Waals surface area contributed by atoms with E-state index in [1.54, 1.807) is 58.3 Å². The van der Waals surface area contributed by atoms with Gasteiger partial charge in [0.25, 0.3) is 5.91 Å². The Balaban J connectivity index is 1.75. The second-order valence-corrected chi connectivity index (χ2v) is 12.1. The summed E-state index contributed by atoms with van der Waals surface area (Å²) in [6.45, 7) is 4.81. The Bertz CT molecular complexity index is 1670. The van der Waals surface area contributed by atoms with Crippen LogP contribution in [0.25, 0.3) is 16.9 Å². The van der Waals surface area contributed by atoms with E-state index in [1.807, 2.05) is 4.90 Å². The molecule has 0 aromatic heterocycles. The van der Waals surface area contributed by atoms with Crippen LogP contribution >= 0.6 is 0 Å². The largest absolute Gasteiger partial charge is 0.508 e. The molecule has 11 heteroatoms. The molecule has 3 aliphatic rings. The van der Waals surface area contributed by atoms with Gasteiger partial charge in [0, 0.05) is 55.4 Å². The van der Waals surface area contributed by atoms with Crippen LogP contribution in [-0.2, 0) is 25.6 Å². The number of phenolic OH excluding ortho intramolecular Hbond substituents is 1. The molecule has 0 heterocycles. The number of anilines is 2. The highest BCUT2D eigenvalue weighted by atomic mass is 16.3.